The Morgan fingerprint density at radius 2 is 2.18 bits per heavy atom. The summed E-state index contributed by atoms with van der Waals surface area (Å²) < 4.78 is 0.700. The number of alkyl halides is 1. The van der Waals surface area contributed by atoms with Crippen molar-refractivity contribution >= 4 is 28.5 Å². The van der Waals surface area contributed by atoms with Crippen LogP contribution in [0.4, 0.5) is 0 Å². The van der Waals surface area contributed by atoms with Gasteiger partial charge in [-0.2, -0.15) is 0 Å². The molecule has 2 nitrogen and oxygen atoms in total. The molecule has 62 valence electrons. The molecule has 2 saturated heterocycles. The maximum atomic E-state index is 11.3. The van der Waals surface area contributed by atoms with Gasteiger partial charge in [0, 0.05) is 22.9 Å². The van der Waals surface area contributed by atoms with E-state index in [0.29, 0.717) is 15.9 Å². The molecular formula is C8H12INO. The van der Waals surface area contributed by atoms with Crippen molar-refractivity contribution in [3.8, 4) is 0 Å². The fourth-order valence-electron chi connectivity index (χ4n) is 2.02. The molecule has 0 aromatic heterocycles. The van der Waals surface area contributed by atoms with Crippen molar-refractivity contribution in [2.45, 2.75) is 35.6 Å². The molecule has 0 aliphatic carbocycles. The SMILES string of the molecule is O=C1CC[C@H]2CC[C@@H](I)CN12. The molecule has 0 unspecified atom stereocenters. The van der Waals surface area contributed by atoms with Gasteiger partial charge in [0.2, 0.25) is 5.91 Å². The van der Waals surface area contributed by atoms with Gasteiger partial charge in [-0.15, -0.1) is 0 Å². The zero-order valence-corrected chi connectivity index (χ0v) is 8.58. The lowest BCUT2D eigenvalue weighted by Gasteiger charge is -2.32. The molecule has 2 aliphatic heterocycles. The Bertz CT molecular complexity index is 183. The van der Waals surface area contributed by atoms with Gasteiger partial charge in [-0.25, -0.2) is 0 Å². The minimum Gasteiger partial charge on any atom is -0.339 e. The van der Waals surface area contributed by atoms with E-state index in [0.717, 1.165) is 19.4 Å². The standard InChI is InChI=1S/C8H12INO/c9-6-1-2-7-3-4-8(11)10(7)5-6/h6-7H,1-5H2/t6-,7-/m1/s1. The van der Waals surface area contributed by atoms with Crippen molar-refractivity contribution in [2.75, 3.05) is 6.54 Å². The van der Waals surface area contributed by atoms with Crippen molar-refractivity contribution in [3.63, 3.8) is 0 Å². The second-order valence-corrected chi connectivity index (χ2v) is 5.17. The molecular weight excluding hydrogens is 253 g/mol. The average Bonchev–Trinajstić information content (AvgIpc) is 2.33. The van der Waals surface area contributed by atoms with E-state index in [-0.39, 0.29) is 0 Å². The first-order chi connectivity index (χ1) is 5.27. The van der Waals surface area contributed by atoms with E-state index in [1.54, 1.807) is 0 Å². The molecule has 2 fully saturated rings. The Morgan fingerprint density at radius 1 is 1.36 bits per heavy atom. The maximum absolute atomic E-state index is 11.3. The number of hydrogen-bond acceptors (Lipinski definition) is 1. The lowest BCUT2D eigenvalue weighted by atomic mass is 10.0. The number of hydrogen-bond donors (Lipinski definition) is 0. The predicted octanol–water partition coefficient (Wildman–Crippen LogP) is 1.57. The largest absolute Gasteiger partial charge is 0.339 e. The van der Waals surface area contributed by atoms with E-state index < -0.39 is 0 Å². The van der Waals surface area contributed by atoms with Crippen LogP contribution in [0, 0.1) is 0 Å². The average molecular weight is 265 g/mol. The Labute approximate surface area is 80.5 Å². The first-order valence-electron chi connectivity index (χ1n) is 4.21. The van der Waals surface area contributed by atoms with E-state index in [9.17, 15) is 4.79 Å². The van der Waals surface area contributed by atoms with Crippen LogP contribution in [0.1, 0.15) is 25.7 Å². The molecule has 2 aliphatic rings. The molecule has 0 bridgehead atoms. The van der Waals surface area contributed by atoms with Crippen molar-refractivity contribution in [3.05, 3.63) is 0 Å². The number of fused-ring (bicyclic) bond motifs is 1. The van der Waals surface area contributed by atoms with Crippen LogP contribution < -0.4 is 0 Å². The molecule has 0 radical (unpaired) electrons. The Kier molecular flexibility index (Phi) is 2.08. The minimum absolute atomic E-state index is 0.386. The van der Waals surface area contributed by atoms with Gasteiger partial charge in [-0.3, -0.25) is 4.79 Å². The summed E-state index contributed by atoms with van der Waals surface area (Å²) >= 11 is 2.45. The van der Waals surface area contributed by atoms with E-state index in [1.807, 2.05) is 0 Å². The van der Waals surface area contributed by atoms with E-state index in [1.165, 1.54) is 12.8 Å². The first-order valence-corrected chi connectivity index (χ1v) is 5.45. The molecule has 1 amide bonds. The summed E-state index contributed by atoms with van der Waals surface area (Å²) in [7, 11) is 0. The number of carbonyl (C=O) groups excluding carboxylic acids is 1. The number of piperidine rings is 1. The highest BCUT2D eigenvalue weighted by molar-refractivity contribution is 14.1. The highest BCUT2D eigenvalue weighted by Gasteiger charge is 2.35. The van der Waals surface area contributed by atoms with Crippen LogP contribution in [0.25, 0.3) is 0 Å². The molecule has 2 rings (SSSR count). The molecule has 2 atom stereocenters. The van der Waals surface area contributed by atoms with Crippen LogP contribution in [-0.4, -0.2) is 27.3 Å². The number of amides is 1. The number of nitrogens with zero attached hydrogens (tertiary/aromatic N) is 1. The zero-order valence-electron chi connectivity index (χ0n) is 6.42. The van der Waals surface area contributed by atoms with Gasteiger partial charge in [-0.1, -0.05) is 22.6 Å². The van der Waals surface area contributed by atoms with E-state index in [4.69, 9.17) is 0 Å². The second kappa shape index (κ2) is 2.92. The topological polar surface area (TPSA) is 20.3 Å². The van der Waals surface area contributed by atoms with Crippen LogP contribution in [0.5, 0.6) is 0 Å². The third-order valence-electron chi connectivity index (χ3n) is 2.66. The fourth-order valence-corrected chi connectivity index (χ4v) is 2.81. The molecule has 0 aromatic rings. The van der Waals surface area contributed by atoms with Crippen molar-refractivity contribution in [1.29, 1.82) is 0 Å². The smallest absolute Gasteiger partial charge is 0.222 e. The van der Waals surface area contributed by atoms with Crippen molar-refractivity contribution in [2.24, 2.45) is 0 Å². The number of carbonyl (C=O) groups is 1. The van der Waals surface area contributed by atoms with E-state index in [2.05, 4.69) is 27.5 Å². The number of rotatable bonds is 0. The third kappa shape index (κ3) is 1.39. The summed E-state index contributed by atoms with van der Waals surface area (Å²) in [5.41, 5.74) is 0. The lowest BCUT2D eigenvalue weighted by molar-refractivity contribution is -0.129. The predicted molar refractivity (Wildman–Crippen MR) is 51.8 cm³/mol. The van der Waals surface area contributed by atoms with Crippen molar-refractivity contribution in [1.82, 2.24) is 4.90 Å². The quantitative estimate of drug-likeness (QED) is 0.481. The van der Waals surface area contributed by atoms with Crippen molar-refractivity contribution < 1.29 is 4.79 Å². The molecule has 2 heterocycles. The summed E-state index contributed by atoms with van der Waals surface area (Å²) in [4.78, 5) is 13.4. The molecule has 0 N–H and O–H groups in total. The Hall–Kier alpha value is 0.200. The first kappa shape index (κ1) is 7.83. The van der Waals surface area contributed by atoms with Gasteiger partial charge in [-0.05, 0) is 19.3 Å². The monoisotopic (exact) mass is 265 g/mol. The van der Waals surface area contributed by atoms with Crippen LogP contribution in [0.15, 0.2) is 0 Å². The van der Waals surface area contributed by atoms with Gasteiger partial charge in [0.15, 0.2) is 0 Å². The van der Waals surface area contributed by atoms with Gasteiger partial charge < -0.3 is 4.90 Å². The van der Waals surface area contributed by atoms with Crippen LogP contribution in [-0.2, 0) is 4.79 Å². The Balaban J connectivity index is 2.07. The fraction of sp³-hybridized carbons (Fsp3) is 0.875. The summed E-state index contributed by atoms with van der Waals surface area (Å²) in [6.45, 7) is 1.00. The minimum atomic E-state index is 0.386. The molecule has 0 saturated carbocycles. The number of halogens is 1. The zero-order chi connectivity index (χ0) is 7.84. The summed E-state index contributed by atoms with van der Waals surface area (Å²) in [6.07, 6.45) is 4.45. The summed E-state index contributed by atoms with van der Waals surface area (Å²) in [6, 6.07) is 0.605. The third-order valence-corrected chi connectivity index (χ3v) is 3.68. The second-order valence-electron chi connectivity index (χ2n) is 3.41. The lowest BCUT2D eigenvalue weighted by Crippen LogP contribution is -2.41. The van der Waals surface area contributed by atoms with Gasteiger partial charge >= 0.3 is 0 Å². The van der Waals surface area contributed by atoms with Gasteiger partial charge in [0.05, 0.1) is 0 Å². The van der Waals surface area contributed by atoms with Crippen LogP contribution in [0.2, 0.25) is 0 Å². The Morgan fingerprint density at radius 3 is 3.00 bits per heavy atom. The highest BCUT2D eigenvalue weighted by Crippen LogP contribution is 2.30. The molecule has 3 heteroatoms. The normalized spacial score (nSPS) is 37.5. The van der Waals surface area contributed by atoms with Crippen LogP contribution in [0.3, 0.4) is 0 Å². The summed E-state index contributed by atoms with van der Waals surface area (Å²) in [5, 5.41) is 0. The van der Waals surface area contributed by atoms with Gasteiger partial charge in [0.25, 0.3) is 0 Å². The summed E-state index contributed by atoms with van der Waals surface area (Å²) in [5.74, 6) is 0.386. The molecule has 11 heavy (non-hydrogen) atoms. The molecule has 0 aromatic carbocycles. The maximum Gasteiger partial charge on any atom is 0.222 e. The van der Waals surface area contributed by atoms with Gasteiger partial charge in [0.1, 0.15) is 0 Å². The highest BCUT2D eigenvalue weighted by atomic mass is 127. The van der Waals surface area contributed by atoms with Crippen LogP contribution >= 0.6 is 22.6 Å². The molecule has 0 spiro atoms. The van der Waals surface area contributed by atoms with E-state index >= 15 is 0 Å².